The van der Waals surface area contributed by atoms with E-state index < -0.39 is 18.3 Å². The molecule has 0 aromatic rings. The van der Waals surface area contributed by atoms with E-state index in [1.807, 2.05) is 0 Å². The van der Waals surface area contributed by atoms with Gasteiger partial charge in [0.05, 0.1) is 12.1 Å². The summed E-state index contributed by atoms with van der Waals surface area (Å²) in [5.41, 5.74) is -1.05. The van der Waals surface area contributed by atoms with Crippen molar-refractivity contribution in [2.75, 3.05) is 13.6 Å². The Labute approximate surface area is 82.1 Å². The van der Waals surface area contributed by atoms with Crippen molar-refractivity contribution in [3.8, 4) is 0 Å². The van der Waals surface area contributed by atoms with Crippen LogP contribution in [-0.4, -0.2) is 36.0 Å². The third-order valence-electron chi connectivity index (χ3n) is 2.37. The largest absolute Gasteiger partial charge is 0.401 e. The summed E-state index contributed by atoms with van der Waals surface area (Å²) in [5.74, 6) is -0.191. The maximum absolute atomic E-state index is 12.1. The van der Waals surface area contributed by atoms with E-state index in [1.165, 1.54) is 20.9 Å². The Balaban J connectivity index is 4.51. The third-order valence-corrected chi connectivity index (χ3v) is 2.37. The average Bonchev–Trinajstić information content (AvgIpc) is 1.99. The highest BCUT2D eigenvalue weighted by Crippen LogP contribution is 2.22. The van der Waals surface area contributed by atoms with Crippen molar-refractivity contribution >= 4 is 5.78 Å². The highest BCUT2D eigenvalue weighted by atomic mass is 19.4. The molecule has 0 unspecified atom stereocenters. The molecular weight excluding hydrogens is 195 g/mol. The minimum atomic E-state index is -4.26. The van der Waals surface area contributed by atoms with E-state index in [9.17, 15) is 18.0 Å². The Hall–Kier alpha value is -0.580. The van der Waals surface area contributed by atoms with Gasteiger partial charge in [-0.05, 0) is 20.9 Å². The van der Waals surface area contributed by atoms with Gasteiger partial charge in [-0.3, -0.25) is 9.69 Å². The lowest BCUT2D eigenvalue weighted by molar-refractivity contribution is -0.158. The fourth-order valence-electron chi connectivity index (χ4n) is 1.11. The van der Waals surface area contributed by atoms with Crippen LogP contribution >= 0.6 is 0 Å². The Bertz CT molecular complexity index is 211. The van der Waals surface area contributed by atoms with Gasteiger partial charge in [0.1, 0.15) is 0 Å². The van der Waals surface area contributed by atoms with Gasteiger partial charge in [0.15, 0.2) is 5.78 Å². The topological polar surface area (TPSA) is 20.3 Å². The highest BCUT2D eigenvalue weighted by Gasteiger charge is 2.38. The molecule has 0 N–H and O–H groups in total. The summed E-state index contributed by atoms with van der Waals surface area (Å²) in [7, 11) is 1.31. The summed E-state index contributed by atoms with van der Waals surface area (Å²) >= 11 is 0. The van der Waals surface area contributed by atoms with E-state index in [1.54, 1.807) is 6.92 Å². The first-order chi connectivity index (χ1) is 6.11. The fraction of sp³-hybridized carbons (Fsp3) is 0.889. The van der Waals surface area contributed by atoms with Crippen molar-refractivity contribution in [3.05, 3.63) is 0 Å². The maximum Gasteiger partial charge on any atom is 0.401 e. The van der Waals surface area contributed by atoms with Gasteiger partial charge in [-0.1, -0.05) is 6.92 Å². The van der Waals surface area contributed by atoms with Crippen molar-refractivity contribution in [1.29, 1.82) is 0 Å². The first-order valence-electron chi connectivity index (χ1n) is 4.42. The van der Waals surface area contributed by atoms with Gasteiger partial charge in [0.25, 0.3) is 0 Å². The molecule has 0 aliphatic rings. The minimum absolute atomic E-state index is 0.191. The molecule has 84 valence electrons. The molecule has 0 fully saturated rings. The number of ketones is 1. The second kappa shape index (κ2) is 4.29. The van der Waals surface area contributed by atoms with Crippen molar-refractivity contribution in [2.45, 2.75) is 38.9 Å². The summed E-state index contributed by atoms with van der Waals surface area (Å²) in [6.07, 6.45) is -4.02. The molecule has 0 saturated carbocycles. The third kappa shape index (κ3) is 3.65. The molecule has 0 saturated heterocycles. The SMILES string of the molecule is CCC(=O)C(C)(C)N(C)CC(F)(F)F. The van der Waals surface area contributed by atoms with E-state index >= 15 is 0 Å². The number of hydrogen-bond acceptors (Lipinski definition) is 2. The van der Waals surface area contributed by atoms with Crippen LogP contribution in [0.5, 0.6) is 0 Å². The molecule has 0 aromatic carbocycles. The van der Waals surface area contributed by atoms with Crippen LogP contribution < -0.4 is 0 Å². The van der Waals surface area contributed by atoms with Crippen LogP contribution in [-0.2, 0) is 4.79 Å². The molecule has 2 nitrogen and oxygen atoms in total. The summed E-state index contributed by atoms with van der Waals surface area (Å²) in [6, 6.07) is 0. The van der Waals surface area contributed by atoms with E-state index in [4.69, 9.17) is 0 Å². The van der Waals surface area contributed by atoms with Crippen LogP contribution in [0.2, 0.25) is 0 Å². The van der Waals surface area contributed by atoms with E-state index in [0.717, 1.165) is 4.90 Å². The molecule has 0 atom stereocenters. The lowest BCUT2D eigenvalue weighted by atomic mass is 9.95. The van der Waals surface area contributed by atoms with Gasteiger partial charge in [0, 0.05) is 6.42 Å². The van der Waals surface area contributed by atoms with Crippen molar-refractivity contribution < 1.29 is 18.0 Å². The molecule has 0 rings (SSSR count). The average molecular weight is 211 g/mol. The number of carbonyl (C=O) groups is 1. The molecule has 5 heteroatoms. The normalized spacial score (nSPS) is 13.4. The quantitative estimate of drug-likeness (QED) is 0.710. The van der Waals surface area contributed by atoms with Crippen molar-refractivity contribution in [3.63, 3.8) is 0 Å². The first kappa shape index (κ1) is 13.4. The van der Waals surface area contributed by atoms with Gasteiger partial charge in [-0.25, -0.2) is 0 Å². The second-order valence-corrected chi connectivity index (χ2v) is 3.81. The van der Waals surface area contributed by atoms with E-state index in [0.29, 0.717) is 0 Å². The van der Waals surface area contributed by atoms with Gasteiger partial charge in [-0.2, -0.15) is 13.2 Å². The van der Waals surface area contributed by atoms with Crippen LogP contribution in [0.1, 0.15) is 27.2 Å². The zero-order valence-electron chi connectivity index (χ0n) is 8.90. The number of likely N-dealkylation sites (N-methyl/N-ethyl adjacent to an activating group) is 1. The summed E-state index contributed by atoms with van der Waals surface area (Å²) in [5, 5.41) is 0. The smallest absolute Gasteiger partial charge is 0.298 e. The Morgan fingerprint density at radius 1 is 1.29 bits per heavy atom. The fourth-order valence-corrected chi connectivity index (χ4v) is 1.11. The summed E-state index contributed by atoms with van der Waals surface area (Å²) in [6.45, 7) is 3.59. The van der Waals surface area contributed by atoms with E-state index in [2.05, 4.69) is 0 Å². The number of rotatable bonds is 4. The predicted octanol–water partition coefficient (Wildman–Crippen LogP) is 2.24. The summed E-state index contributed by atoms with van der Waals surface area (Å²) in [4.78, 5) is 12.4. The van der Waals surface area contributed by atoms with Crippen molar-refractivity contribution in [2.24, 2.45) is 0 Å². The number of hydrogen-bond donors (Lipinski definition) is 0. The first-order valence-corrected chi connectivity index (χ1v) is 4.42. The van der Waals surface area contributed by atoms with Gasteiger partial charge in [0.2, 0.25) is 0 Å². The van der Waals surface area contributed by atoms with E-state index in [-0.39, 0.29) is 12.2 Å². The molecule has 14 heavy (non-hydrogen) atoms. The van der Waals surface area contributed by atoms with Crippen LogP contribution in [0.25, 0.3) is 0 Å². The zero-order chi connectivity index (χ0) is 11.6. The lowest BCUT2D eigenvalue weighted by Crippen LogP contribution is -2.51. The number of nitrogens with zero attached hydrogens (tertiary/aromatic N) is 1. The van der Waals surface area contributed by atoms with Crippen molar-refractivity contribution in [1.82, 2.24) is 4.90 Å². The molecule has 0 aliphatic carbocycles. The Kier molecular flexibility index (Phi) is 4.12. The molecule has 0 aromatic heterocycles. The minimum Gasteiger partial charge on any atom is -0.298 e. The molecule has 0 spiro atoms. The number of alkyl halides is 3. The highest BCUT2D eigenvalue weighted by molar-refractivity contribution is 5.87. The van der Waals surface area contributed by atoms with Gasteiger partial charge < -0.3 is 0 Å². The standard InChI is InChI=1S/C9H16F3NO/c1-5-7(14)8(2,3)13(4)6-9(10,11)12/h5-6H2,1-4H3. The van der Waals surface area contributed by atoms with Crippen LogP contribution in [0.3, 0.4) is 0 Å². The number of halogens is 3. The Morgan fingerprint density at radius 3 is 2.00 bits per heavy atom. The molecule has 0 aliphatic heterocycles. The molecule has 0 heterocycles. The molecule has 0 bridgehead atoms. The summed E-state index contributed by atoms with van der Waals surface area (Å²) < 4.78 is 36.2. The monoisotopic (exact) mass is 211 g/mol. The number of carbonyl (C=O) groups excluding carboxylic acids is 1. The maximum atomic E-state index is 12.1. The molecular formula is C9H16F3NO. The molecule has 0 radical (unpaired) electrons. The predicted molar refractivity (Wildman–Crippen MR) is 48.1 cm³/mol. The zero-order valence-corrected chi connectivity index (χ0v) is 8.90. The lowest BCUT2D eigenvalue weighted by Gasteiger charge is -2.34. The number of Topliss-reactive ketones (excluding diaryl/α,β-unsaturated/α-hetero) is 1. The van der Waals surface area contributed by atoms with Gasteiger partial charge >= 0.3 is 6.18 Å². The van der Waals surface area contributed by atoms with Crippen LogP contribution in [0.15, 0.2) is 0 Å². The van der Waals surface area contributed by atoms with Gasteiger partial charge in [-0.15, -0.1) is 0 Å². The Morgan fingerprint density at radius 2 is 1.71 bits per heavy atom. The second-order valence-electron chi connectivity index (χ2n) is 3.81. The van der Waals surface area contributed by atoms with Crippen LogP contribution in [0.4, 0.5) is 13.2 Å². The van der Waals surface area contributed by atoms with Crippen LogP contribution in [0, 0.1) is 0 Å². The molecule has 0 amide bonds.